The summed E-state index contributed by atoms with van der Waals surface area (Å²) in [7, 11) is 3.42. The lowest BCUT2D eigenvalue weighted by Gasteiger charge is -2.03. The van der Waals surface area contributed by atoms with E-state index in [9.17, 15) is 4.39 Å². The van der Waals surface area contributed by atoms with Crippen molar-refractivity contribution < 1.29 is 9.13 Å². The summed E-state index contributed by atoms with van der Waals surface area (Å²) in [4.78, 5) is 0. The van der Waals surface area contributed by atoms with Gasteiger partial charge in [0.2, 0.25) is 0 Å². The van der Waals surface area contributed by atoms with Gasteiger partial charge in [0, 0.05) is 18.1 Å². The fourth-order valence-corrected chi connectivity index (χ4v) is 1.95. The van der Waals surface area contributed by atoms with Crippen molar-refractivity contribution in [1.29, 1.82) is 0 Å². The zero-order valence-electron chi connectivity index (χ0n) is 9.39. The molecule has 2 aromatic rings. The molecule has 0 unspecified atom stereocenters. The Kier molecular flexibility index (Phi) is 2.18. The standard InChI is InChI=1S/C12H14FNO/c1-7-8(2)14(3)9-5-6-10(15-4)12(13)11(7)9/h5-6H,1-4H3. The van der Waals surface area contributed by atoms with Gasteiger partial charge in [-0.05, 0) is 31.5 Å². The van der Waals surface area contributed by atoms with Gasteiger partial charge in [-0.1, -0.05) is 0 Å². The lowest BCUT2D eigenvalue weighted by molar-refractivity contribution is 0.389. The van der Waals surface area contributed by atoms with Crippen LogP contribution in [0.15, 0.2) is 12.1 Å². The van der Waals surface area contributed by atoms with Gasteiger partial charge in [0.25, 0.3) is 0 Å². The van der Waals surface area contributed by atoms with E-state index in [4.69, 9.17) is 4.74 Å². The summed E-state index contributed by atoms with van der Waals surface area (Å²) >= 11 is 0. The Morgan fingerprint density at radius 3 is 2.53 bits per heavy atom. The highest BCUT2D eigenvalue weighted by Crippen LogP contribution is 2.31. The average Bonchev–Trinajstić information content (AvgIpc) is 2.45. The molecule has 0 radical (unpaired) electrons. The van der Waals surface area contributed by atoms with Crippen LogP contribution in [0.4, 0.5) is 4.39 Å². The third-order valence-corrected chi connectivity index (χ3v) is 3.09. The summed E-state index contributed by atoms with van der Waals surface area (Å²) < 4.78 is 21.0. The third kappa shape index (κ3) is 1.23. The van der Waals surface area contributed by atoms with E-state index >= 15 is 0 Å². The first-order valence-electron chi connectivity index (χ1n) is 4.86. The topological polar surface area (TPSA) is 14.2 Å². The largest absolute Gasteiger partial charge is 0.494 e. The summed E-state index contributed by atoms with van der Waals surface area (Å²) in [5.74, 6) is 0.0346. The molecule has 15 heavy (non-hydrogen) atoms. The van der Waals surface area contributed by atoms with E-state index in [1.165, 1.54) is 7.11 Å². The maximum atomic E-state index is 14.0. The minimum Gasteiger partial charge on any atom is -0.494 e. The second-order valence-corrected chi connectivity index (χ2v) is 3.75. The highest BCUT2D eigenvalue weighted by Gasteiger charge is 2.15. The van der Waals surface area contributed by atoms with Crippen LogP contribution in [-0.2, 0) is 7.05 Å². The molecular weight excluding hydrogens is 193 g/mol. The molecule has 0 fully saturated rings. The minimum atomic E-state index is -0.267. The van der Waals surface area contributed by atoms with Crippen molar-refractivity contribution in [3.8, 4) is 5.75 Å². The molecule has 1 aromatic carbocycles. The van der Waals surface area contributed by atoms with Gasteiger partial charge in [-0.2, -0.15) is 0 Å². The number of aryl methyl sites for hydroxylation is 2. The molecule has 1 aromatic heterocycles. The van der Waals surface area contributed by atoms with Crippen molar-refractivity contribution in [2.45, 2.75) is 13.8 Å². The molecule has 0 aliphatic rings. The van der Waals surface area contributed by atoms with Crippen LogP contribution < -0.4 is 4.74 Å². The van der Waals surface area contributed by atoms with Gasteiger partial charge in [-0.3, -0.25) is 0 Å². The Morgan fingerprint density at radius 1 is 1.27 bits per heavy atom. The summed E-state index contributed by atoms with van der Waals surface area (Å²) in [5, 5.41) is 0.661. The number of benzene rings is 1. The zero-order chi connectivity index (χ0) is 11.2. The van der Waals surface area contributed by atoms with E-state index in [2.05, 4.69) is 0 Å². The monoisotopic (exact) mass is 207 g/mol. The fraction of sp³-hybridized carbons (Fsp3) is 0.333. The molecule has 0 aliphatic carbocycles. The Morgan fingerprint density at radius 2 is 1.93 bits per heavy atom. The van der Waals surface area contributed by atoms with Crippen LogP contribution in [-0.4, -0.2) is 11.7 Å². The molecule has 0 spiro atoms. The quantitative estimate of drug-likeness (QED) is 0.701. The minimum absolute atomic E-state index is 0.267. The van der Waals surface area contributed by atoms with Crippen molar-refractivity contribution in [3.63, 3.8) is 0 Å². The van der Waals surface area contributed by atoms with Gasteiger partial charge in [0.1, 0.15) is 0 Å². The third-order valence-electron chi connectivity index (χ3n) is 3.09. The summed E-state index contributed by atoms with van der Waals surface area (Å²) in [6, 6.07) is 3.55. The number of ether oxygens (including phenoxy) is 1. The number of hydrogen-bond donors (Lipinski definition) is 0. The van der Waals surface area contributed by atoms with Gasteiger partial charge in [-0.15, -0.1) is 0 Å². The van der Waals surface area contributed by atoms with Gasteiger partial charge in [-0.25, -0.2) is 4.39 Å². The summed E-state index contributed by atoms with van der Waals surface area (Å²) in [6.07, 6.45) is 0. The van der Waals surface area contributed by atoms with Crippen molar-refractivity contribution in [2.75, 3.05) is 7.11 Å². The molecule has 0 aliphatic heterocycles. The van der Waals surface area contributed by atoms with Gasteiger partial charge in [0.15, 0.2) is 11.6 Å². The summed E-state index contributed by atoms with van der Waals surface area (Å²) in [6.45, 7) is 3.92. The van der Waals surface area contributed by atoms with E-state index < -0.39 is 0 Å². The second kappa shape index (κ2) is 3.26. The van der Waals surface area contributed by atoms with Crippen LogP contribution >= 0.6 is 0 Å². The number of fused-ring (bicyclic) bond motifs is 1. The van der Waals surface area contributed by atoms with Crippen LogP contribution in [0.3, 0.4) is 0 Å². The molecule has 80 valence electrons. The molecule has 3 heteroatoms. The number of rotatable bonds is 1. The predicted octanol–water partition coefficient (Wildman–Crippen LogP) is 2.94. The Bertz CT molecular complexity index is 528. The van der Waals surface area contributed by atoms with Crippen LogP contribution in [0, 0.1) is 19.7 Å². The first-order valence-corrected chi connectivity index (χ1v) is 4.86. The van der Waals surface area contributed by atoms with Crippen LogP contribution in [0.2, 0.25) is 0 Å². The number of nitrogens with zero attached hydrogens (tertiary/aromatic N) is 1. The van der Waals surface area contributed by atoms with Crippen LogP contribution in [0.1, 0.15) is 11.3 Å². The molecule has 0 amide bonds. The molecule has 0 saturated carbocycles. The summed E-state index contributed by atoms with van der Waals surface area (Å²) in [5.41, 5.74) is 2.96. The van der Waals surface area contributed by atoms with Gasteiger partial charge < -0.3 is 9.30 Å². The Hall–Kier alpha value is -1.51. The van der Waals surface area contributed by atoms with Crippen molar-refractivity contribution in [2.24, 2.45) is 7.05 Å². The van der Waals surface area contributed by atoms with Crippen LogP contribution in [0.5, 0.6) is 5.75 Å². The number of aromatic nitrogens is 1. The normalized spacial score (nSPS) is 11.0. The Labute approximate surface area is 88.3 Å². The van der Waals surface area contributed by atoms with E-state index in [-0.39, 0.29) is 5.82 Å². The molecule has 1 heterocycles. The highest BCUT2D eigenvalue weighted by molar-refractivity contribution is 5.87. The maximum Gasteiger partial charge on any atom is 0.174 e. The zero-order valence-corrected chi connectivity index (χ0v) is 9.39. The van der Waals surface area contributed by atoms with E-state index in [0.717, 1.165) is 16.8 Å². The SMILES string of the molecule is COc1ccc2c(c(C)c(C)n2C)c1F. The molecular formula is C12H14FNO. The molecule has 0 atom stereocenters. The first-order chi connectivity index (χ1) is 7.07. The maximum absolute atomic E-state index is 14.0. The molecule has 0 N–H and O–H groups in total. The molecule has 0 bridgehead atoms. The van der Waals surface area contributed by atoms with Crippen LogP contribution in [0.25, 0.3) is 10.9 Å². The lowest BCUT2D eigenvalue weighted by Crippen LogP contribution is -1.91. The van der Waals surface area contributed by atoms with Crippen molar-refractivity contribution in [1.82, 2.24) is 4.57 Å². The lowest BCUT2D eigenvalue weighted by atomic mass is 10.1. The van der Waals surface area contributed by atoms with E-state index in [1.807, 2.05) is 31.5 Å². The average molecular weight is 207 g/mol. The molecule has 2 rings (SSSR count). The first kappa shape index (κ1) is 10.0. The van der Waals surface area contributed by atoms with Crippen molar-refractivity contribution in [3.05, 3.63) is 29.2 Å². The highest BCUT2D eigenvalue weighted by atomic mass is 19.1. The van der Waals surface area contributed by atoms with Gasteiger partial charge >= 0.3 is 0 Å². The van der Waals surface area contributed by atoms with Gasteiger partial charge in [0.05, 0.1) is 12.6 Å². The second-order valence-electron chi connectivity index (χ2n) is 3.75. The van der Waals surface area contributed by atoms with E-state index in [0.29, 0.717) is 11.1 Å². The smallest absolute Gasteiger partial charge is 0.174 e. The molecule has 2 nitrogen and oxygen atoms in total. The fourth-order valence-electron chi connectivity index (χ4n) is 1.95. The number of halogens is 1. The number of methoxy groups -OCH3 is 1. The Balaban J connectivity index is 2.93. The number of hydrogen-bond acceptors (Lipinski definition) is 1. The molecule has 0 saturated heterocycles. The predicted molar refractivity (Wildman–Crippen MR) is 58.9 cm³/mol. The van der Waals surface area contributed by atoms with E-state index in [1.54, 1.807) is 6.07 Å². The van der Waals surface area contributed by atoms with Crippen molar-refractivity contribution >= 4 is 10.9 Å².